The number of hydrogen-bond donors (Lipinski definition) is 2. The first-order valence-electron chi connectivity index (χ1n) is 14.4. The molecule has 1 aromatic carbocycles. The number of nitrogens with one attached hydrogen (secondary N) is 2. The zero-order chi connectivity index (χ0) is 28.6. The molecule has 0 radical (unpaired) electrons. The lowest BCUT2D eigenvalue weighted by atomic mass is 9.54. The summed E-state index contributed by atoms with van der Waals surface area (Å²) in [6.45, 7) is 15.2. The number of aromatic nitrogens is 2. The minimum absolute atomic E-state index is 0. The average molecular weight is 541 g/mol. The molecule has 3 saturated carbocycles. The molecule has 2 bridgehead atoms. The Hall–Kier alpha value is -2.78. The van der Waals surface area contributed by atoms with Crippen molar-refractivity contribution < 1.29 is 21.8 Å². The molecule has 3 aliphatic carbocycles. The Balaban J connectivity index is 0.000000970. The molecular weight excluding hydrogens is 491 g/mol. The molecule has 2 amide bonds. The van der Waals surface area contributed by atoms with E-state index in [-0.39, 0.29) is 26.7 Å². The number of carbonyl (C=O) groups excluding carboxylic acids is 2. The number of carbonyl (C=O) groups is 2. The van der Waals surface area contributed by atoms with Crippen LogP contribution in [-0.4, -0.2) is 47.3 Å². The molecule has 39 heavy (non-hydrogen) atoms. The summed E-state index contributed by atoms with van der Waals surface area (Å²) < 4.78 is 12.2. The maximum Gasteiger partial charge on any atom is 0.593 e. The van der Waals surface area contributed by atoms with Gasteiger partial charge in [-0.05, 0) is 48.0 Å². The van der Waals surface area contributed by atoms with E-state index in [1.807, 2.05) is 44.2 Å². The molecule has 4 fully saturated rings. The van der Waals surface area contributed by atoms with Gasteiger partial charge in [0.05, 0.1) is 18.4 Å². The monoisotopic (exact) mass is 540 g/mol. The number of hydrogen-bond acceptors (Lipinski definition) is 6. The van der Waals surface area contributed by atoms with Crippen molar-refractivity contribution in [2.24, 2.45) is 23.2 Å². The Morgan fingerprint density at radius 1 is 1.03 bits per heavy atom. The second-order valence-corrected chi connectivity index (χ2v) is 11.7. The van der Waals surface area contributed by atoms with E-state index < -0.39 is 19.2 Å². The van der Waals surface area contributed by atoms with Gasteiger partial charge in [-0.1, -0.05) is 78.8 Å². The molecule has 2 heterocycles. The lowest BCUT2D eigenvalue weighted by molar-refractivity contribution is -0.121. The van der Waals surface area contributed by atoms with Crippen LogP contribution < -0.4 is 10.5 Å². The van der Waals surface area contributed by atoms with Crippen LogP contribution in [0, 0.1) is 23.2 Å². The van der Waals surface area contributed by atoms with Crippen molar-refractivity contribution in [3.8, 4) is 0 Å². The molecule has 8 nitrogen and oxygen atoms in total. The van der Waals surface area contributed by atoms with Crippen LogP contribution in [-0.2, 0) is 20.5 Å². The number of rotatable bonds is 6. The second-order valence-electron chi connectivity index (χ2n) is 11.7. The third kappa shape index (κ3) is 8.11. The molecule has 2 N–H and O–H groups in total. The Morgan fingerprint density at radius 3 is 2.13 bits per heavy atom. The summed E-state index contributed by atoms with van der Waals surface area (Å²) in [6, 6.07) is 8.74. The SMILES string of the molecule is CC.CC(C)C.CC1(C)C2CC3OB(NC(=O)[C@H](Cc4ccccc4)NC(=O)c4cnccn4)O[C@H]3CC1C2.[HH].[HH]. The first-order chi connectivity index (χ1) is 18.6. The number of benzene rings is 1. The minimum atomic E-state index is -0.813. The van der Waals surface area contributed by atoms with Crippen LogP contribution in [0.25, 0.3) is 0 Å². The fourth-order valence-electron chi connectivity index (χ4n) is 5.42. The molecule has 1 aromatic heterocycles. The Kier molecular flexibility index (Phi) is 11.1. The molecular formula is C30H49BN4O4. The molecule has 1 saturated heterocycles. The van der Waals surface area contributed by atoms with Crippen LogP contribution in [0.2, 0.25) is 0 Å². The Morgan fingerprint density at radius 2 is 1.62 bits per heavy atom. The van der Waals surface area contributed by atoms with E-state index in [9.17, 15) is 9.59 Å². The number of amides is 2. The van der Waals surface area contributed by atoms with E-state index in [2.05, 4.69) is 55.1 Å². The van der Waals surface area contributed by atoms with Crippen molar-refractivity contribution in [3.05, 3.63) is 60.2 Å². The van der Waals surface area contributed by atoms with Crippen LogP contribution in [0.5, 0.6) is 0 Å². The van der Waals surface area contributed by atoms with Crippen molar-refractivity contribution in [2.45, 2.75) is 92.4 Å². The van der Waals surface area contributed by atoms with Crippen molar-refractivity contribution in [3.63, 3.8) is 0 Å². The first kappa shape index (κ1) is 30.8. The van der Waals surface area contributed by atoms with Crippen LogP contribution in [0.1, 0.15) is 86.6 Å². The summed E-state index contributed by atoms with van der Waals surface area (Å²) in [4.78, 5) is 33.8. The van der Waals surface area contributed by atoms with Crippen molar-refractivity contribution >= 4 is 19.1 Å². The van der Waals surface area contributed by atoms with Gasteiger partial charge in [-0.3, -0.25) is 14.6 Å². The zero-order valence-corrected chi connectivity index (χ0v) is 24.5. The van der Waals surface area contributed by atoms with E-state index in [4.69, 9.17) is 9.31 Å². The molecule has 4 aliphatic rings. The van der Waals surface area contributed by atoms with Crippen LogP contribution in [0.15, 0.2) is 48.9 Å². The second kappa shape index (κ2) is 14.0. The fraction of sp³-hybridized carbons (Fsp3) is 0.600. The predicted octanol–water partition coefficient (Wildman–Crippen LogP) is 5.34. The molecule has 216 valence electrons. The molecule has 3 unspecified atom stereocenters. The maximum absolute atomic E-state index is 13.2. The Bertz CT molecular complexity index is 1040. The molecule has 9 heteroatoms. The van der Waals surface area contributed by atoms with Crippen molar-refractivity contribution in [2.75, 3.05) is 0 Å². The van der Waals surface area contributed by atoms with Crippen LogP contribution >= 0.6 is 0 Å². The van der Waals surface area contributed by atoms with Gasteiger partial charge < -0.3 is 19.9 Å². The highest BCUT2D eigenvalue weighted by Gasteiger charge is 2.56. The summed E-state index contributed by atoms with van der Waals surface area (Å²) in [7, 11) is -0.806. The first-order valence-corrected chi connectivity index (χ1v) is 14.4. The highest BCUT2D eigenvalue weighted by molar-refractivity contribution is 6.46. The van der Waals surface area contributed by atoms with Gasteiger partial charge >= 0.3 is 7.25 Å². The summed E-state index contributed by atoms with van der Waals surface area (Å²) in [5.74, 6) is 1.28. The summed E-state index contributed by atoms with van der Waals surface area (Å²) >= 11 is 0. The zero-order valence-electron chi connectivity index (χ0n) is 24.5. The molecule has 2 aromatic rings. The summed E-state index contributed by atoms with van der Waals surface area (Å²) in [5, 5.41) is 5.64. The fourth-order valence-corrected chi connectivity index (χ4v) is 5.42. The standard InChI is InChI=1S/C24H29BN4O4.C4H10.C2H6.2H2/c1-24(2)16-11-17(24)13-21-20(12-16)32-25(33-21)29-23(31)18(10-15-6-4-3-5-7-15)28-22(30)19-14-26-8-9-27-19;1-4(2)3;1-2;;/h3-9,14,16-18,20-21H,10-13H2,1-2H3,(H,28,30)(H,29,31);4H,1-3H3;1-2H3;2*1H/t16?,17?,18-,20-,21?;;;;/m0..../s1. The van der Waals surface area contributed by atoms with Gasteiger partial charge in [0.2, 0.25) is 5.91 Å². The maximum atomic E-state index is 13.2. The van der Waals surface area contributed by atoms with Gasteiger partial charge in [-0.25, -0.2) is 4.98 Å². The Labute approximate surface area is 237 Å². The van der Waals surface area contributed by atoms with E-state index in [1.54, 1.807) is 0 Å². The van der Waals surface area contributed by atoms with Crippen LogP contribution in [0.3, 0.4) is 0 Å². The molecule has 1 aliphatic heterocycles. The van der Waals surface area contributed by atoms with Crippen molar-refractivity contribution in [1.29, 1.82) is 0 Å². The number of nitrogens with zero attached hydrogens (tertiary/aromatic N) is 2. The van der Waals surface area contributed by atoms with Gasteiger partial charge in [0, 0.05) is 21.7 Å². The summed E-state index contributed by atoms with van der Waals surface area (Å²) in [5.41, 5.74) is 1.42. The highest BCUT2D eigenvalue weighted by Crippen LogP contribution is 2.58. The van der Waals surface area contributed by atoms with Gasteiger partial charge in [0.1, 0.15) is 11.7 Å². The topological polar surface area (TPSA) is 102 Å². The van der Waals surface area contributed by atoms with E-state index in [0.717, 1.165) is 24.3 Å². The third-order valence-electron chi connectivity index (χ3n) is 7.68. The smallest absolute Gasteiger partial charge is 0.386 e. The largest absolute Gasteiger partial charge is 0.593 e. The van der Waals surface area contributed by atoms with Gasteiger partial charge in [0.25, 0.3) is 5.91 Å². The van der Waals surface area contributed by atoms with Gasteiger partial charge in [-0.15, -0.1) is 0 Å². The lowest BCUT2D eigenvalue weighted by Gasteiger charge is -2.51. The molecule has 6 rings (SSSR count). The van der Waals surface area contributed by atoms with Crippen molar-refractivity contribution in [1.82, 2.24) is 20.5 Å². The average Bonchev–Trinajstić information content (AvgIpc) is 3.14. The lowest BCUT2D eigenvalue weighted by Crippen LogP contribution is -2.53. The van der Waals surface area contributed by atoms with Gasteiger partial charge in [0.15, 0.2) is 0 Å². The summed E-state index contributed by atoms with van der Waals surface area (Å²) in [6.07, 6.45) is 7.77. The van der Waals surface area contributed by atoms with Gasteiger partial charge in [-0.2, -0.15) is 0 Å². The molecule has 0 spiro atoms. The normalized spacial score (nSPS) is 24.9. The van der Waals surface area contributed by atoms with Crippen LogP contribution in [0.4, 0.5) is 0 Å². The minimum Gasteiger partial charge on any atom is -0.386 e. The van der Waals surface area contributed by atoms with E-state index >= 15 is 0 Å². The third-order valence-corrected chi connectivity index (χ3v) is 7.68. The van der Waals surface area contributed by atoms with E-state index in [0.29, 0.717) is 23.7 Å². The predicted molar refractivity (Wildman–Crippen MR) is 158 cm³/mol. The molecule has 5 atom stereocenters. The van der Waals surface area contributed by atoms with E-state index in [1.165, 1.54) is 25.0 Å². The highest BCUT2D eigenvalue weighted by atomic mass is 16.7. The quantitative estimate of drug-likeness (QED) is 0.480.